The second kappa shape index (κ2) is 6.49. The molecule has 0 bridgehead atoms. The molecule has 1 fully saturated rings. The van der Waals surface area contributed by atoms with Crippen LogP contribution in [0.2, 0.25) is 0 Å². The van der Waals surface area contributed by atoms with E-state index in [1.807, 2.05) is 13.8 Å². The van der Waals surface area contributed by atoms with Crippen LogP contribution >= 0.6 is 0 Å². The van der Waals surface area contributed by atoms with Gasteiger partial charge in [0, 0.05) is 12.3 Å². The van der Waals surface area contributed by atoms with Crippen molar-refractivity contribution in [3.05, 3.63) is 42.0 Å². The fourth-order valence-electron chi connectivity index (χ4n) is 4.69. The summed E-state index contributed by atoms with van der Waals surface area (Å²) in [4.78, 5) is 12.6. The van der Waals surface area contributed by atoms with Gasteiger partial charge in [0.25, 0.3) is 0 Å². The number of aromatic hydroxyl groups is 1. The van der Waals surface area contributed by atoms with Gasteiger partial charge in [0.2, 0.25) is 0 Å². The van der Waals surface area contributed by atoms with Crippen LogP contribution in [0.5, 0.6) is 5.75 Å². The molecular weight excluding hydrogens is 316 g/mol. The first-order chi connectivity index (χ1) is 11.8. The molecule has 3 rings (SSSR count). The van der Waals surface area contributed by atoms with Crippen LogP contribution in [-0.4, -0.2) is 27.9 Å². The molecule has 2 aliphatic rings. The van der Waals surface area contributed by atoms with Gasteiger partial charge >= 0.3 is 5.97 Å². The Kier molecular flexibility index (Phi) is 4.67. The van der Waals surface area contributed by atoms with Crippen LogP contribution in [0.4, 0.5) is 0 Å². The Balaban J connectivity index is 1.88. The number of aliphatic hydroxyl groups is 1. The first kappa shape index (κ1) is 18.0. The summed E-state index contributed by atoms with van der Waals surface area (Å²) < 4.78 is 5.89. The molecule has 2 N–H and O–H groups in total. The first-order valence-electron chi connectivity index (χ1n) is 9.14. The van der Waals surface area contributed by atoms with Gasteiger partial charge in [-0.2, -0.15) is 0 Å². The lowest BCUT2D eigenvalue weighted by atomic mass is 9.68. The number of esters is 1. The molecule has 1 saturated carbocycles. The summed E-state index contributed by atoms with van der Waals surface area (Å²) in [6.45, 7) is 6.29. The molecule has 0 aromatic heterocycles. The Hall–Kier alpha value is -1.81. The lowest BCUT2D eigenvalue weighted by molar-refractivity contribution is -0.111. The Morgan fingerprint density at radius 2 is 1.88 bits per heavy atom. The Bertz CT molecular complexity index is 663. The van der Waals surface area contributed by atoms with Crippen LogP contribution in [-0.2, 0) is 4.74 Å². The summed E-state index contributed by atoms with van der Waals surface area (Å²) >= 11 is 0. The fourth-order valence-corrected chi connectivity index (χ4v) is 4.69. The van der Waals surface area contributed by atoms with Gasteiger partial charge in [0.1, 0.15) is 11.9 Å². The molecular formula is C21H28O4. The third-order valence-electron chi connectivity index (χ3n) is 6.24. The van der Waals surface area contributed by atoms with E-state index in [0.717, 1.165) is 19.3 Å². The van der Waals surface area contributed by atoms with Crippen LogP contribution in [0.1, 0.15) is 56.8 Å². The van der Waals surface area contributed by atoms with Crippen molar-refractivity contribution in [2.45, 2.75) is 58.2 Å². The van der Waals surface area contributed by atoms with Crippen molar-refractivity contribution in [2.24, 2.45) is 17.3 Å². The largest absolute Gasteiger partial charge is 0.508 e. The van der Waals surface area contributed by atoms with Gasteiger partial charge in [-0.05, 0) is 54.9 Å². The molecule has 4 atom stereocenters. The minimum absolute atomic E-state index is 0.0636. The third-order valence-corrected chi connectivity index (χ3v) is 6.24. The van der Waals surface area contributed by atoms with Gasteiger partial charge < -0.3 is 14.9 Å². The molecule has 1 aromatic carbocycles. The van der Waals surface area contributed by atoms with E-state index in [1.165, 1.54) is 12.1 Å². The molecule has 1 aromatic rings. The van der Waals surface area contributed by atoms with Gasteiger partial charge in [-0.3, -0.25) is 0 Å². The lowest BCUT2D eigenvalue weighted by Crippen LogP contribution is -2.50. The van der Waals surface area contributed by atoms with Crippen molar-refractivity contribution in [2.75, 3.05) is 0 Å². The molecule has 4 nitrogen and oxygen atoms in total. The van der Waals surface area contributed by atoms with Crippen molar-refractivity contribution >= 4 is 5.97 Å². The first-order valence-corrected chi connectivity index (χ1v) is 9.14. The normalized spacial score (nSPS) is 34.6. The van der Waals surface area contributed by atoms with E-state index in [9.17, 15) is 15.0 Å². The number of benzene rings is 1. The molecule has 4 unspecified atom stereocenters. The number of phenolic OH excluding ortho intramolecular Hbond substituents is 1. The van der Waals surface area contributed by atoms with Crippen LogP contribution in [0.3, 0.4) is 0 Å². The molecule has 0 aliphatic heterocycles. The summed E-state index contributed by atoms with van der Waals surface area (Å²) in [5, 5.41) is 20.8. The fraction of sp³-hybridized carbons (Fsp3) is 0.571. The molecule has 0 amide bonds. The van der Waals surface area contributed by atoms with Gasteiger partial charge in [-0.25, -0.2) is 4.79 Å². The summed E-state index contributed by atoms with van der Waals surface area (Å²) in [6.07, 6.45) is 7.09. The molecule has 4 heteroatoms. The summed E-state index contributed by atoms with van der Waals surface area (Å²) in [7, 11) is 0. The molecule has 2 aliphatic carbocycles. The van der Waals surface area contributed by atoms with E-state index >= 15 is 0 Å². The number of ether oxygens (including phenoxy) is 1. The number of carbonyl (C=O) groups is 1. The zero-order valence-electron chi connectivity index (χ0n) is 15.2. The van der Waals surface area contributed by atoms with Crippen LogP contribution < -0.4 is 0 Å². The second-order valence-electron chi connectivity index (χ2n) is 8.18. The summed E-state index contributed by atoms with van der Waals surface area (Å²) in [5.41, 5.74) is -0.467. The van der Waals surface area contributed by atoms with Crippen LogP contribution in [0.15, 0.2) is 36.4 Å². The van der Waals surface area contributed by atoms with Gasteiger partial charge in [0.15, 0.2) is 0 Å². The third kappa shape index (κ3) is 3.20. The van der Waals surface area contributed by atoms with Gasteiger partial charge in [-0.1, -0.05) is 32.9 Å². The monoisotopic (exact) mass is 344 g/mol. The maximum atomic E-state index is 12.6. The number of hydrogen-bond donors (Lipinski definition) is 2. The molecule has 0 spiro atoms. The lowest BCUT2D eigenvalue weighted by Gasteiger charge is -2.43. The van der Waals surface area contributed by atoms with Gasteiger partial charge in [0.05, 0.1) is 11.2 Å². The summed E-state index contributed by atoms with van der Waals surface area (Å²) in [5.74, 6) is -0.268. The highest BCUT2D eigenvalue weighted by Gasteiger charge is 2.58. The average Bonchev–Trinajstić information content (AvgIpc) is 2.73. The molecule has 136 valence electrons. The Labute approximate surface area is 149 Å². The number of hydrogen-bond acceptors (Lipinski definition) is 4. The minimum Gasteiger partial charge on any atom is -0.508 e. The maximum Gasteiger partial charge on any atom is 0.338 e. The van der Waals surface area contributed by atoms with E-state index in [1.54, 1.807) is 12.1 Å². The van der Waals surface area contributed by atoms with Crippen molar-refractivity contribution in [1.29, 1.82) is 0 Å². The zero-order chi connectivity index (χ0) is 18.2. The van der Waals surface area contributed by atoms with E-state index < -0.39 is 11.6 Å². The molecule has 0 radical (unpaired) electrons. The van der Waals surface area contributed by atoms with Crippen molar-refractivity contribution < 1.29 is 19.7 Å². The van der Waals surface area contributed by atoms with Crippen LogP contribution in [0.25, 0.3) is 0 Å². The number of allylic oxidation sites excluding steroid dienone is 1. The van der Waals surface area contributed by atoms with E-state index in [0.29, 0.717) is 12.0 Å². The zero-order valence-corrected chi connectivity index (χ0v) is 15.2. The second-order valence-corrected chi connectivity index (χ2v) is 8.18. The minimum atomic E-state index is -0.819. The highest BCUT2D eigenvalue weighted by Crippen LogP contribution is 2.57. The number of rotatable bonds is 3. The van der Waals surface area contributed by atoms with Crippen molar-refractivity contribution in [3.8, 4) is 5.75 Å². The topological polar surface area (TPSA) is 66.8 Å². The molecule has 0 saturated heterocycles. The molecule has 25 heavy (non-hydrogen) atoms. The standard InChI is InChI=1S/C21H28O4/c1-14(2)21(24)13-12-20(3)11-5-4-6-17(18(20)21)25-19(23)15-7-9-16(22)10-8-15/h4-5,7-10,14,17-18,22,24H,6,11-13H2,1-3H3. The van der Waals surface area contributed by atoms with Crippen molar-refractivity contribution in [3.63, 3.8) is 0 Å². The summed E-state index contributed by atoms with van der Waals surface area (Å²) in [6, 6.07) is 6.08. The van der Waals surface area contributed by atoms with Gasteiger partial charge in [-0.15, -0.1) is 0 Å². The average molecular weight is 344 g/mol. The maximum absolute atomic E-state index is 12.6. The Morgan fingerprint density at radius 3 is 2.52 bits per heavy atom. The number of fused-ring (bicyclic) bond motifs is 1. The molecule has 0 heterocycles. The van der Waals surface area contributed by atoms with E-state index in [-0.39, 0.29) is 29.1 Å². The highest BCUT2D eigenvalue weighted by molar-refractivity contribution is 5.89. The number of carbonyl (C=O) groups excluding carboxylic acids is 1. The smallest absolute Gasteiger partial charge is 0.338 e. The quantitative estimate of drug-likeness (QED) is 0.641. The predicted octanol–water partition coefficient (Wildman–Crippen LogP) is 4.07. The van der Waals surface area contributed by atoms with E-state index in [4.69, 9.17) is 4.74 Å². The SMILES string of the molecule is CC(C)C1(O)CCC2(C)CC=CCC(OC(=O)c3ccc(O)cc3)C21. The number of phenols is 1. The predicted molar refractivity (Wildman–Crippen MR) is 96.3 cm³/mol. The van der Waals surface area contributed by atoms with Crippen molar-refractivity contribution in [1.82, 2.24) is 0 Å². The van der Waals surface area contributed by atoms with Crippen LogP contribution in [0, 0.1) is 17.3 Å². The highest BCUT2D eigenvalue weighted by atomic mass is 16.5. The van der Waals surface area contributed by atoms with E-state index in [2.05, 4.69) is 19.1 Å². The Morgan fingerprint density at radius 1 is 1.20 bits per heavy atom.